The number of rotatable bonds is 5. The average Bonchev–Trinajstić information content (AvgIpc) is 2.49. The van der Waals surface area contributed by atoms with Gasteiger partial charge in [0.1, 0.15) is 0 Å². The van der Waals surface area contributed by atoms with Gasteiger partial charge in [-0.05, 0) is 47.2 Å². The Kier molecular flexibility index (Phi) is 5.54. The summed E-state index contributed by atoms with van der Waals surface area (Å²) in [5.74, 6) is -1.68. The summed E-state index contributed by atoms with van der Waals surface area (Å²) in [5, 5.41) is 12.1. The van der Waals surface area contributed by atoms with Gasteiger partial charge in [-0.15, -0.1) is 0 Å². The Morgan fingerprint density at radius 1 is 1.43 bits per heavy atom. The molecule has 1 saturated carbocycles. The van der Waals surface area contributed by atoms with Crippen LogP contribution in [0, 0.1) is 5.82 Å². The summed E-state index contributed by atoms with van der Waals surface area (Å²) < 4.78 is 14.4. The first-order chi connectivity index (χ1) is 9.99. The molecule has 0 spiro atoms. The highest BCUT2D eigenvalue weighted by atomic mass is 79.9. The molecule has 1 aromatic rings. The fourth-order valence-electron chi connectivity index (χ4n) is 2.76. The van der Waals surface area contributed by atoms with Crippen molar-refractivity contribution in [2.45, 2.75) is 36.9 Å². The van der Waals surface area contributed by atoms with E-state index in [2.05, 4.69) is 27.5 Å². The fraction of sp³-hybridized carbons (Fsp3) is 0.533. The number of carboxylic acid groups (broad SMARTS) is 1. The third kappa shape index (κ3) is 3.72. The quantitative estimate of drug-likeness (QED) is 0.778. The second-order valence-corrected chi connectivity index (χ2v) is 7.46. The number of carbonyl (C=O) groups is 1. The van der Waals surface area contributed by atoms with Gasteiger partial charge in [-0.2, -0.15) is 11.8 Å². The molecule has 1 aliphatic carbocycles. The standard InChI is InChI=1S/C15H19BrFNO2S/c1-21-15(7-3-2-4-8-15)9-18-11-6-5-10(14(19)20)12(16)13(11)17/h5-6,18H,2-4,7-9H2,1H3,(H,19,20). The predicted octanol–water partition coefficient (Wildman–Crippen LogP) is 4.76. The van der Waals surface area contributed by atoms with Gasteiger partial charge in [0.2, 0.25) is 0 Å². The zero-order chi connectivity index (χ0) is 15.5. The first-order valence-corrected chi connectivity index (χ1v) is 9.01. The summed E-state index contributed by atoms with van der Waals surface area (Å²) in [6.07, 6.45) is 8.08. The van der Waals surface area contributed by atoms with Crippen molar-refractivity contribution >= 4 is 39.3 Å². The molecular formula is C15H19BrFNO2S. The molecule has 0 atom stereocenters. The van der Waals surface area contributed by atoms with E-state index in [0.29, 0.717) is 12.2 Å². The van der Waals surface area contributed by atoms with E-state index >= 15 is 0 Å². The highest BCUT2D eigenvalue weighted by molar-refractivity contribution is 9.10. The van der Waals surface area contributed by atoms with Crippen molar-refractivity contribution in [3.63, 3.8) is 0 Å². The second-order valence-electron chi connectivity index (χ2n) is 5.40. The third-order valence-electron chi connectivity index (χ3n) is 4.11. The van der Waals surface area contributed by atoms with Crippen molar-refractivity contribution in [3.05, 3.63) is 28.0 Å². The molecule has 1 fully saturated rings. The van der Waals surface area contributed by atoms with Gasteiger partial charge in [-0.3, -0.25) is 0 Å². The molecule has 0 aromatic heterocycles. The lowest BCUT2D eigenvalue weighted by molar-refractivity contribution is 0.0695. The Morgan fingerprint density at radius 3 is 2.67 bits per heavy atom. The van der Waals surface area contributed by atoms with Crippen LogP contribution in [0.1, 0.15) is 42.5 Å². The van der Waals surface area contributed by atoms with Crippen LogP contribution in [0.4, 0.5) is 10.1 Å². The lowest BCUT2D eigenvalue weighted by atomic mass is 9.88. The molecule has 1 aliphatic rings. The van der Waals surface area contributed by atoms with E-state index in [4.69, 9.17) is 5.11 Å². The molecule has 2 rings (SSSR count). The minimum atomic E-state index is -1.14. The summed E-state index contributed by atoms with van der Waals surface area (Å²) in [4.78, 5) is 11.0. The minimum absolute atomic E-state index is 0.00171. The van der Waals surface area contributed by atoms with E-state index in [1.54, 1.807) is 0 Å². The molecule has 2 N–H and O–H groups in total. The van der Waals surface area contributed by atoms with Crippen molar-refractivity contribution in [3.8, 4) is 0 Å². The molecule has 0 radical (unpaired) electrons. The van der Waals surface area contributed by atoms with Crippen molar-refractivity contribution in [2.75, 3.05) is 18.1 Å². The largest absolute Gasteiger partial charge is 0.478 e. The first-order valence-electron chi connectivity index (χ1n) is 6.99. The molecule has 21 heavy (non-hydrogen) atoms. The smallest absolute Gasteiger partial charge is 0.336 e. The lowest BCUT2D eigenvalue weighted by Crippen LogP contribution is -2.35. The normalized spacial score (nSPS) is 17.5. The number of hydrogen-bond acceptors (Lipinski definition) is 3. The SMILES string of the molecule is CSC1(CNc2ccc(C(=O)O)c(Br)c2F)CCCCC1. The Morgan fingerprint density at radius 2 is 2.10 bits per heavy atom. The van der Waals surface area contributed by atoms with E-state index < -0.39 is 11.8 Å². The van der Waals surface area contributed by atoms with Crippen LogP contribution in [0.2, 0.25) is 0 Å². The van der Waals surface area contributed by atoms with Gasteiger partial charge < -0.3 is 10.4 Å². The Hall–Kier alpha value is -0.750. The molecule has 3 nitrogen and oxygen atoms in total. The molecule has 0 unspecified atom stereocenters. The molecule has 0 aliphatic heterocycles. The van der Waals surface area contributed by atoms with Crippen LogP contribution in [0.25, 0.3) is 0 Å². The molecule has 1 aromatic carbocycles. The second kappa shape index (κ2) is 7.01. The third-order valence-corrected chi connectivity index (χ3v) is 6.31. The maximum absolute atomic E-state index is 14.2. The summed E-state index contributed by atoms with van der Waals surface area (Å²) >= 11 is 4.87. The highest BCUT2D eigenvalue weighted by Crippen LogP contribution is 2.39. The van der Waals surface area contributed by atoms with Gasteiger partial charge in [0.05, 0.1) is 15.7 Å². The van der Waals surface area contributed by atoms with E-state index in [1.807, 2.05) is 11.8 Å². The van der Waals surface area contributed by atoms with Gasteiger partial charge in [-0.25, -0.2) is 9.18 Å². The number of benzene rings is 1. The topological polar surface area (TPSA) is 49.3 Å². The van der Waals surface area contributed by atoms with Crippen molar-refractivity contribution in [1.82, 2.24) is 0 Å². The van der Waals surface area contributed by atoms with E-state index in [1.165, 1.54) is 31.4 Å². The molecule has 116 valence electrons. The Labute approximate surface area is 136 Å². The van der Waals surface area contributed by atoms with Crippen LogP contribution < -0.4 is 5.32 Å². The number of hydrogen-bond donors (Lipinski definition) is 2. The molecular weight excluding hydrogens is 357 g/mol. The Balaban J connectivity index is 2.13. The van der Waals surface area contributed by atoms with Gasteiger partial charge in [-0.1, -0.05) is 19.3 Å². The van der Waals surface area contributed by atoms with Crippen LogP contribution in [-0.4, -0.2) is 28.6 Å². The monoisotopic (exact) mass is 375 g/mol. The van der Waals surface area contributed by atoms with Gasteiger partial charge >= 0.3 is 5.97 Å². The van der Waals surface area contributed by atoms with Crippen LogP contribution in [0.3, 0.4) is 0 Å². The maximum atomic E-state index is 14.2. The van der Waals surface area contributed by atoms with Crippen LogP contribution in [-0.2, 0) is 0 Å². The summed E-state index contributed by atoms with van der Waals surface area (Å²) in [5.41, 5.74) is 0.293. The molecule has 0 heterocycles. The zero-order valence-electron chi connectivity index (χ0n) is 11.9. The van der Waals surface area contributed by atoms with Gasteiger partial charge in [0.25, 0.3) is 0 Å². The van der Waals surface area contributed by atoms with Gasteiger partial charge in [0, 0.05) is 11.3 Å². The van der Waals surface area contributed by atoms with Gasteiger partial charge in [0.15, 0.2) is 5.82 Å². The van der Waals surface area contributed by atoms with E-state index in [9.17, 15) is 9.18 Å². The minimum Gasteiger partial charge on any atom is -0.478 e. The van der Waals surface area contributed by atoms with E-state index in [0.717, 1.165) is 12.8 Å². The number of halogens is 2. The van der Waals surface area contributed by atoms with Crippen molar-refractivity contribution in [2.24, 2.45) is 0 Å². The number of thioether (sulfide) groups is 1. The molecule has 6 heteroatoms. The summed E-state index contributed by atoms with van der Waals surface area (Å²) in [7, 11) is 0. The number of nitrogens with one attached hydrogen (secondary N) is 1. The first kappa shape index (κ1) is 16.6. The predicted molar refractivity (Wildman–Crippen MR) is 88.9 cm³/mol. The van der Waals surface area contributed by atoms with Crippen LogP contribution >= 0.6 is 27.7 Å². The lowest BCUT2D eigenvalue weighted by Gasteiger charge is -2.36. The molecule has 0 bridgehead atoms. The van der Waals surface area contributed by atoms with Crippen molar-refractivity contribution in [1.29, 1.82) is 0 Å². The fourth-order valence-corrected chi connectivity index (χ4v) is 4.19. The summed E-state index contributed by atoms with van der Waals surface area (Å²) in [6.45, 7) is 0.698. The van der Waals surface area contributed by atoms with Crippen molar-refractivity contribution < 1.29 is 14.3 Å². The van der Waals surface area contributed by atoms with E-state index in [-0.39, 0.29) is 14.8 Å². The molecule has 0 saturated heterocycles. The van der Waals surface area contributed by atoms with Crippen LogP contribution in [0.5, 0.6) is 0 Å². The maximum Gasteiger partial charge on any atom is 0.336 e. The van der Waals surface area contributed by atoms with Crippen LogP contribution in [0.15, 0.2) is 16.6 Å². The number of anilines is 1. The number of aromatic carboxylic acids is 1. The summed E-state index contributed by atoms with van der Waals surface area (Å²) in [6, 6.07) is 2.92. The zero-order valence-corrected chi connectivity index (χ0v) is 14.3. The number of carboxylic acids is 1. The highest BCUT2D eigenvalue weighted by Gasteiger charge is 2.31. The average molecular weight is 376 g/mol. The Bertz CT molecular complexity index is 533. The molecule has 0 amide bonds.